The van der Waals surface area contributed by atoms with Crippen molar-refractivity contribution in [3.63, 3.8) is 0 Å². The Morgan fingerprint density at radius 1 is 0.912 bits per heavy atom. The molecule has 330 valence electrons. The van der Waals surface area contributed by atoms with E-state index in [4.69, 9.17) is 28.4 Å². The van der Waals surface area contributed by atoms with Gasteiger partial charge in [-0.3, -0.25) is 9.59 Å². The second-order valence-corrected chi connectivity index (χ2v) is 17.7. The smallest absolute Gasteiger partial charge is 0.311 e. The fourth-order valence-corrected chi connectivity index (χ4v) is 9.02. The van der Waals surface area contributed by atoms with Crippen molar-refractivity contribution in [1.82, 2.24) is 4.90 Å². The number of aldehydes is 2. The van der Waals surface area contributed by atoms with Crippen LogP contribution in [0.3, 0.4) is 0 Å². The molecule has 3 heterocycles. The summed E-state index contributed by atoms with van der Waals surface area (Å²) < 4.78 is 37.2. The van der Waals surface area contributed by atoms with Crippen molar-refractivity contribution in [1.29, 1.82) is 0 Å². The van der Waals surface area contributed by atoms with Gasteiger partial charge < -0.3 is 68.4 Å². The van der Waals surface area contributed by atoms with Crippen LogP contribution in [0, 0.1) is 29.6 Å². The molecule has 0 spiro atoms. The van der Waals surface area contributed by atoms with Gasteiger partial charge >= 0.3 is 5.97 Å². The van der Waals surface area contributed by atoms with Crippen LogP contribution in [-0.2, 0) is 47.6 Å². The minimum Gasteiger partial charge on any atom is -0.459 e. The third-order valence-corrected chi connectivity index (χ3v) is 12.9. The van der Waals surface area contributed by atoms with Crippen LogP contribution in [0.1, 0.15) is 101 Å². The lowest BCUT2D eigenvalue weighted by molar-refractivity contribution is -0.318. The summed E-state index contributed by atoms with van der Waals surface area (Å²) in [5.74, 6) is -6.12. The van der Waals surface area contributed by atoms with Gasteiger partial charge in [0.05, 0.1) is 53.6 Å². The summed E-state index contributed by atoms with van der Waals surface area (Å²) in [6.45, 7) is 16.3. The van der Waals surface area contributed by atoms with E-state index in [1.54, 1.807) is 55.5 Å². The molecule has 0 aromatic carbocycles. The lowest BCUT2D eigenvalue weighted by atomic mass is 9.74. The molecule has 3 saturated heterocycles. The Balaban J connectivity index is 2.16. The van der Waals surface area contributed by atoms with Crippen molar-refractivity contribution in [2.75, 3.05) is 20.7 Å². The monoisotopic (exact) mass is 817 g/mol. The number of rotatable bonds is 12. The highest BCUT2D eigenvalue weighted by Crippen LogP contribution is 2.41. The Labute approximate surface area is 337 Å². The largest absolute Gasteiger partial charge is 0.459 e. The van der Waals surface area contributed by atoms with E-state index in [1.165, 1.54) is 27.9 Å². The van der Waals surface area contributed by atoms with E-state index < -0.39 is 126 Å². The molecule has 0 saturated carbocycles. The average molecular weight is 818 g/mol. The first kappa shape index (κ1) is 49.4. The molecule has 0 radical (unpaired) electrons. The number of carbonyl (C=O) groups is 4. The topological polar surface area (TPSA) is 228 Å². The van der Waals surface area contributed by atoms with Crippen LogP contribution in [0.25, 0.3) is 0 Å². The Bertz CT molecular complexity index is 1340. The minimum atomic E-state index is -2.03. The maximum Gasteiger partial charge on any atom is 0.311 e. The number of nitrogens with zero attached hydrogens (tertiary/aromatic N) is 1. The maximum atomic E-state index is 14.2. The zero-order valence-corrected chi connectivity index (χ0v) is 35.9. The summed E-state index contributed by atoms with van der Waals surface area (Å²) >= 11 is 0. The lowest BCUT2D eigenvalue weighted by Gasteiger charge is -2.49. The van der Waals surface area contributed by atoms with Gasteiger partial charge in [-0.2, -0.15) is 0 Å². The van der Waals surface area contributed by atoms with Gasteiger partial charge in [0, 0.05) is 37.3 Å². The van der Waals surface area contributed by atoms with E-state index in [9.17, 15) is 44.7 Å². The van der Waals surface area contributed by atoms with E-state index in [0.29, 0.717) is 25.5 Å². The van der Waals surface area contributed by atoms with E-state index in [1.807, 2.05) is 4.90 Å². The molecular weight excluding hydrogens is 746 g/mol. The van der Waals surface area contributed by atoms with Crippen LogP contribution >= 0.6 is 0 Å². The Kier molecular flexibility index (Phi) is 17.4. The van der Waals surface area contributed by atoms with Gasteiger partial charge in [0.2, 0.25) is 0 Å². The fraction of sp³-hybridized carbons (Fsp3) is 0.902. The third-order valence-electron chi connectivity index (χ3n) is 12.9. The highest BCUT2D eigenvalue weighted by molar-refractivity contribution is 5.83. The van der Waals surface area contributed by atoms with Crippen LogP contribution in [-0.4, -0.2) is 160 Å². The van der Waals surface area contributed by atoms with Crippen molar-refractivity contribution in [3.05, 3.63) is 0 Å². The van der Waals surface area contributed by atoms with Gasteiger partial charge in [-0.15, -0.1) is 0 Å². The summed E-state index contributed by atoms with van der Waals surface area (Å²) in [4.78, 5) is 52.6. The highest BCUT2D eigenvalue weighted by Gasteiger charge is 2.53. The molecule has 18 atom stereocenters. The molecule has 3 fully saturated rings. The molecule has 16 heteroatoms. The van der Waals surface area contributed by atoms with E-state index in [-0.39, 0.29) is 25.7 Å². The molecule has 0 aromatic rings. The quantitative estimate of drug-likeness (QED) is 0.107. The van der Waals surface area contributed by atoms with Gasteiger partial charge in [0.1, 0.15) is 42.3 Å². The van der Waals surface area contributed by atoms with E-state index >= 15 is 0 Å². The number of carbonyl (C=O) groups excluding carboxylic acids is 4. The Morgan fingerprint density at radius 3 is 2.09 bits per heavy atom. The Morgan fingerprint density at radius 2 is 1.53 bits per heavy atom. The molecule has 3 rings (SSSR count). The van der Waals surface area contributed by atoms with Crippen LogP contribution in [0.5, 0.6) is 0 Å². The molecule has 0 aliphatic carbocycles. The van der Waals surface area contributed by atoms with Gasteiger partial charge in [0.25, 0.3) is 0 Å². The summed E-state index contributed by atoms with van der Waals surface area (Å²) in [6.07, 6.45) is -9.47. The number of aliphatic hydroxyl groups is 5. The van der Waals surface area contributed by atoms with Gasteiger partial charge in [-0.25, -0.2) is 0 Å². The number of ketones is 1. The van der Waals surface area contributed by atoms with Crippen LogP contribution < -0.4 is 0 Å². The number of cyclic esters (lactones) is 1. The molecule has 0 bridgehead atoms. The van der Waals surface area contributed by atoms with Crippen molar-refractivity contribution in [3.8, 4) is 0 Å². The number of likely N-dealkylation sites (N-methyl/N-ethyl adjacent to an activating group) is 1. The van der Waals surface area contributed by atoms with E-state index in [0.717, 1.165) is 0 Å². The minimum absolute atomic E-state index is 0.0505. The predicted molar refractivity (Wildman–Crippen MR) is 205 cm³/mol. The summed E-state index contributed by atoms with van der Waals surface area (Å²) in [5.41, 5.74) is -5.01. The number of hydrogen-bond acceptors (Lipinski definition) is 16. The van der Waals surface area contributed by atoms with Gasteiger partial charge in [0.15, 0.2) is 12.6 Å². The SMILES string of the molecule is CC[C@H]1OC(=O)[C@H](C)[C@@H](O[C@H]2C[C@@](C)(OC)[C@@H](O)[C@H](C)O2)[C@H](C)[C@@H](O[C@@H]2O[C@H](C)C[C@H](N(C)CCC(C=O)C=O)[C@H]2O)[C@](C)(O)C[C@@H](C)C(=O)[C@H](C)[C@@H](O)[C@]1(C)O. The molecule has 57 heavy (non-hydrogen) atoms. The number of esters is 1. The molecule has 0 aromatic heterocycles. The number of Topliss-reactive ketones (excluding diaryl/α,β-unsaturated/α-hetero) is 1. The summed E-state index contributed by atoms with van der Waals surface area (Å²) in [7, 11) is 3.22. The molecule has 3 aliphatic rings. The van der Waals surface area contributed by atoms with Crippen molar-refractivity contribution in [2.45, 2.75) is 186 Å². The second kappa shape index (κ2) is 20.1. The first-order chi connectivity index (χ1) is 26.4. The van der Waals surface area contributed by atoms with Crippen LogP contribution in [0.15, 0.2) is 0 Å². The normalized spacial score (nSPS) is 45.7. The first-order valence-corrected chi connectivity index (χ1v) is 20.4. The van der Waals surface area contributed by atoms with Gasteiger partial charge in [-0.05, 0) is 80.8 Å². The molecule has 3 aliphatic heterocycles. The lowest BCUT2D eigenvalue weighted by Crippen LogP contribution is -2.61. The average Bonchev–Trinajstić information content (AvgIpc) is 3.15. The number of hydrogen-bond donors (Lipinski definition) is 5. The van der Waals surface area contributed by atoms with Crippen molar-refractivity contribution >= 4 is 24.3 Å². The highest BCUT2D eigenvalue weighted by atomic mass is 16.7. The zero-order chi connectivity index (χ0) is 43.4. The second-order valence-electron chi connectivity index (χ2n) is 17.7. The summed E-state index contributed by atoms with van der Waals surface area (Å²) in [6, 6.07) is -0.547. The van der Waals surface area contributed by atoms with Gasteiger partial charge in [-0.1, -0.05) is 27.7 Å². The van der Waals surface area contributed by atoms with Crippen molar-refractivity contribution in [2.24, 2.45) is 29.6 Å². The van der Waals surface area contributed by atoms with Crippen LogP contribution in [0.2, 0.25) is 0 Å². The molecule has 0 amide bonds. The van der Waals surface area contributed by atoms with E-state index in [2.05, 4.69) is 0 Å². The first-order valence-electron chi connectivity index (χ1n) is 20.4. The molecule has 16 nitrogen and oxygen atoms in total. The standard InChI is InChI=1S/C41H71NO15/c1-13-29-41(10,51)34(47)23(4)31(45)21(2)17-39(8,50)36(57-38-32(46)28(16-22(3)53-38)42(11)15-14-27(19-43)20-44)24(5)33(25(6)37(49)55-29)56-30-18-40(9,52-12)35(48)26(7)54-30/h19-30,32-36,38,46-48,50-51H,13-18H2,1-12H3/t21-,22-,23+,24+,25-,26+,28+,29-,30+,32-,33+,34-,35+,36-,38+,39-,40-,41-/m1/s1. The number of aliphatic hydroxyl groups excluding tert-OH is 3. The molecule has 0 unspecified atom stereocenters. The zero-order valence-electron chi connectivity index (χ0n) is 35.9. The van der Waals surface area contributed by atoms with Crippen LogP contribution in [0.4, 0.5) is 0 Å². The maximum absolute atomic E-state index is 14.2. The van der Waals surface area contributed by atoms with Crippen molar-refractivity contribution < 1.29 is 73.1 Å². The molecule has 5 N–H and O–H groups in total. The Hall–Kier alpha value is -1.96. The summed E-state index contributed by atoms with van der Waals surface area (Å²) in [5, 5.41) is 58.3. The third kappa shape index (κ3) is 11.3. The predicted octanol–water partition coefficient (Wildman–Crippen LogP) is 1.56. The number of ether oxygens (including phenoxy) is 6. The fourth-order valence-electron chi connectivity index (χ4n) is 9.02. The number of methoxy groups -OCH3 is 1. The molecular formula is C41H71NO15.